The summed E-state index contributed by atoms with van der Waals surface area (Å²) in [6, 6.07) is 5.45. The molecular formula is C13H14BrNO5. The number of carbonyl (C=O) groups is 3. The first-order valence-electron chi connectivity index (χ1n) is 5.84. The molecular weight excluding hydrogens is 330 g/mol. The molecule has 1 aromatic carbocycles. The Labute approximate surface area is 123 Å². The quantitative estimate of drug-likeness (QED) is 0.652. The molecule has 0 bridgehead atoms. The molecule has 108 valence electrons. The van der Waals surface area contributed by atoms with Gasteiger partial charge in [-0.15, -0.1) is 0 Å². The van der Waals surface area contributed by atoms with Crippen LogP contribution in [0, 0.1) is 0 Å². The number of nitrogens with one attached hydrogen (secondary N) is 1. The third kappa shape index (κ3) is 5.00. The highest BCUT2D eigenvalue weighted by molar-refractivity contribution is 9.08. The van der Waals surface area contributed by atoms with Gasteiger partial charge in [-0.1, -0.05) is 28.1 Å². The number of amides is 1. The van der Waals surface area contributed by atoms with Gasteiger partial charge >= 0.3 is 11.9 Å². The maximum absolute atomic E-state index is 11.9. The number of carbonyl (C=O) groups excluding carboxylic acids is 1. The van der Waals surface area contributed by atoms with Crippen molar-refractivity contribution in [3.63, 3.8) is 0 Å². The van der Waals surface area contributed by atoms with E-state index in [2.05, 4.69) is 21.2 Å². The minimum Gasteiger partial charge on any atom is -0.481 e. The lowest BCUT2D eigenvalue weighted by atomic mass is 10.1. The third-order valence-corrected chi connectivity index (χ3v) is 3.27. The Hall–Kier alpha value is -1.89. The van der Waals surface area contributed by atoms with Gasteiger partial charge in [0.25, 0.3) is 5.91 Å². The van der Waals surface area contributed by atoms with Crippen LogP contribution >= 0.6 is 15.9 Å². The molecule has 0 spiro atoms. The second kappa shape index (κ2) is 7.64. The normalized spacial score (nSPS) is 11.7. The van der Waals surface area contributed by atoms with Gasteiger partial charge in [0.2, 0.25) is 0 Å². The number of carboxylic acid groups (broad SMARTS) is 2. The van der Waals surface area contributed by atoms with Crippen molar-refractivity contribution in [1.29, 1.82) is 0 Å². The fourth-order valence-corrected chi connectivity index (χ4v) is 1.89. The summed E-state index contributed by atoms with van der Waals surface area (Å²) in [6.07, 6.45) is -0.477. The molecule has 0 radical (unpaired) electrons. The van der Waals surface area contributed by atoms with E-state index in [1.807, 2.05) is 0 Å². The zero-order chi connectivity index (χ0) is 15.1. The van der Waals surface area contributed by atoms with Gasteiger partial charge in [-0.3, -0.25) is 9.59 Å². The van der Waals surface area contributed by atoms with Crippen molar-refractivity contribution in [3.05, 3.63) is 35.4 Å². The smallest absolute Gasteiger partial charge is 0.326 e. The average molecular weight is 344 g/mol. The van der Waals surface area contributed by atoms with Gasteiger partial charge in [0.15, 0.2) is 0 Å². The topological polar surface area (TPSA) is 104 Å². The van der Waals surface area contributed by atoms with Crippen LogP contribution in [0.25, 0.3) is 0 Å². The van der Waals surface area contributed by atoms with E-state index in [0.29, 0.717) is 10.9 Å². The summed E-state index contributed by atoms with van der Waals surface area (Å²) in [6.45, 7) is 0. The van der Waals surface area contributed by atoms with Crippen molar-refractivity contribution in [2.24, 2.45) is 0 Å². The molecule has 0 aliphatic heterocycles. The second-order valence-electron chi connectivity index (χ2n) is 4.13. The van der Waals surface area contributed by atoms with E-state index < -0.39 is 23.9 Å². The molecule has 0 saturated heterocycles. The molecule has 1 rings (SSSR count). The molecule has 0 unspecified atom stereocenters. The number of alkyl halides is 1. The third-order valence-electron chi connectivity index (χ3n) is 2.62. The van der Waals surface area contributed by atoms with E-state index in [0.717, 1.165) is 5.56 Å². The molecule has 3 N–H and O–H groups in total. The van der Waals surface area contributed by atoms with Crippen LogP contribution in [0.15, 0.2) is 24.3 Å². The number of carboxylic acids is 2. The van der Waals surface area contributed by atoms with Crippen LogP contribution in [0.5, 0.6) is 0 Å². The number of benzene rings is 1. The predicted octanol–water partition coefficient (Wildman–Crippen LogP) is 1.63. The Kier molecular flexibility index (Phi) is 6.17. The zero-order valence-electron chi connectivity index (χ0n) is 10.5. The Bertz CT molecular complexity index is 500. The number of halogens is 1. The van der Waals surface area contributed by atoms with E-state index in [-0.39, 0.29) is 12.8 Å². The number of hydrogen-bond donors (Lipinski definition) is 3. The zero-order valence-corrected chi connectivity index (χ0v) is 12.1. The van der Waals surface area contributed by atoms with Crippen molar-refractivity contribution in [3.8, 4) is 0 Å². The van der Waals surface area contributed by atoms with Gasteiger partial charge in [0.05, 0.1) is 0 Å². The molecule has 0 aliphatic rings. The highest BCUT2D eigenvalue weighted by atomic mass is 79.9. The molecule has 1 aromatic rings. The Morgan fingerprint density at radius 3 is 2.20 bits per heavy atom. The monoisotopic (exact) mass is 343 g/mol. The maximum atomic E-state index is 11.9. The SMILES string of the molecule is O=C(O)CC[C@H](NC(=O)c1ccc(CBr)cc1)C(=O)O. The van der Waals surface area contributed by atoms with Crippen molar-refractivity contribution in [2.45, 2.75) is 24.2 Å². The molecule has 1 amide bonds. The lowest BCUT2D eigenvalue weighted by Gasteiger charge is -2.13. The van der Waals surface area contributed by atoms with Crippen LogP contribution in [-0.4, -0.2) is 34.1 Å². The Balaban J connectivity index is 2.69. The molecule has 7 heteroatoms. The van der Waals surface area contributed by atoms with E-state index in [1.165, 1.54) is 0 Å². The number of hydrogen-bond acceptors (Lipinski definition) is 3. The van der Waals surface area contributed by atoms with Gasteiger partial charge < -0.3 is 15.5 Å². The van der Waals surface area contributed by atoms with Crippen LogP contribution in [-0.2, 0) is 14.9 Å². The van der Waals surface area contributed by atoms with E-state index in [4.69, 9.17) is 10.2 Å². The van der Waals surface area contributed by atoms with Crippen LogP contribution < -0.4 is 5.32 Å². The van der Waals surface area contributed by atoms with Crippen LogP contribution in [0.2, 0.25) is 0 Å². The fourth-order valence-electron chi connectivity index (χ4n) is 1.51. The molecule has 0 aliphatic carbocycles. The highest BCUT2D eigenvalue weighted by Gasteiger charge is 2.21. The van der Waals surface area contributed by atoms with Crippen LogP contribution in [0.3, 0.4) is 0 Å². The molecule has 0 fully saturated rings. The van der Waals surface area contributed by atoms with E-state index >= 15 is 0 Å². The predicted molar refractivity (Wildman–Crippen MR) is 74.8 cm³/mol. The van der Waals surface area contributed by atoms with E-state index in [9.17, 15) is 14.4 Å². The molecule has 6 nitrogen and oxygen atoms in total. The first-order chi connectivity index (χ1) is 9.43. The van der Waals surface area contributed by atoms with Gasteiger partial charge in [0.1, 0.15) is 6.04 Å². The molecule has 0 saturated carbocycles. The lowest BCUT2D eigenvalue weighted by molar-refractivity contribution is -0.140. The maximum Gasteiger partial charge on any atom is 0.326 e. The number of aliphatic carboxylic acids is 2. The van der Waals surface area contributed by atoms with Crippen molar-refractivity contribution in [1.82, 2.24) is 5.32 Å². The molecule has 20 heavy (non-hydrogen) atoms. The fraction of sp³-hybridized carbons (Fsp3) is 0.308. The molecule has 0 heterocycles. The first-order valence-corrected chi connectivity index (χ1v) is 6.96. The second-order valence-corrected chi connectivity index (χ2v) is 4.69. The lowest BCUT2D eigenvalue weighted by Crippen LogP contribution is -2.41. The van der Waals surface area contributed by atoms with Gasteiger partial charge in [-0.25, -0.2) is 4.79 Å². The van der Waals surface area contributed by atoms with Gasteiger partial charge in [0, 0.05) is 17.3 Å². The molecule has 1 atom stereocenters. The van der Waals surface area contributed by atoms with Crippen LogP contribution in [0.1, 0.15) is 28.8 Å². The van der Waals surface area contributed by atoms with Gasteiger partial charge in [-0.05, 0) is 24.1 Å². The largest absolute Gasteiger partial charge is 0.481 e. The minimum atomic E-state index is -1.25. The van der Waals surface area contributed by atoms with Crippen molar-refractivity contribution >= 4 is 33.8 Å². The highest BCUT2D eigenvalue weighted by Crippen LogP contribution is 2.08. The van der Waals surface area contributed by atoms with Crippen molar-refractivity contribution in [2.75, 3.05) is 0 Å². The molecule has 0 aromatic heterocycles. The first kappa shape index (κ1) is 16.2. The number of rotatable bonds is 7. The standard InChI is InChI=1S/C13H14BrNO5/c14-7-8-1-3-9(4-2-8)12(18)15-10(13(19)20)5-6-11(16)17/h1-4,10H,5-7H2,(H,15,18)(H,16,17)(H,19,20)/t10-/m0/s1. The minimum absolute atomic E-state index is 0.157. The average Bonchev–Trinajstić information content (AvgIpc) is 2.42. The Morgan fingerprint density at radius 1 is 1.15 bits per heavy atom. The summed E-state index contributed by atoms with van der Waals surface area (Å²) >= 11 is 3.28. The van der Waals surface area contributed by atoms with Crippen molar-refractivity contribution < 1.29 is 24.6 Å². The summed E-state index contributed by atoms with van der Waals surface area (Å²) in [5.74, 6) is -2.90. The van der Waals surface area contributed by atoms with Crippen LogP contribution in [0.4, 0.5) is 0 Å². The van der Waals surface area contributed by atoms with E-state index in [1.54, 1.807) is 24.3 Å². The Morgan fingerprint density at radius 2 is 1.75 bits per heavy atom. The summed E-state index contributed by atoms with van der Waals surface area (Å²) in [7, 11) is 0. The summed E-state index contributed by atoms with van der Waals surface area (Å²) in [4.78, 5) is 33.3. The summed E-state index contributed by atoms with van der Waals surface area (Å²) in [5, 5.41) is 20.5. The summed E-state index contributed by atoms with van der Waals surface area (Å²) < 4.78 is 0. The summed E-state index contributed by atoms with van der Waals surface area (Å²) in [5.41, 5.74) is 1.32. The van der Waals surface area contributed by atoms with Gasteiger partial charge in [-0.2, -0.15) is 0 Å².